The number of β-amino-alcohol motifs (C(OH)–C–C–N with tert-alkyl or cyclic N) is 1. The highest BCUT2D eigenvalue weighted by Gasteiger charge is 2.57. The Kier molecular flexibility index (Phi) is 8.49. The summed E-state index contributed by atoms with van der Waals surface area (Å²) >= 11 is 0. The standard InChI is InChI=1S/C24H24F5N3O5/c1-2-37-19(20(34)30-13-23(25,26)24(27,28)29)21(35)31-18-16-9-4-3-7-14(16)15-8-5-6-10-17(15)32(11-12-33)22(18)36/h3-10,18-19,33H,2,11-13H2,1H3,(H,30,34)(H,31,35)/t18-,19-/m0/s1. The SMILES string of the molecule is CCO[C@@H](C(=O)NCC(F)(F)C(F)(F)F)C(=O)N[C@@H]1C(=O)N(CCO)c2ccccc2-c2ccccc21. The number of aliphatic hydroxyl groups excluding tert-OH is 1. The van der Waals surface area contributed by atoms with E-state index in [1.807, 2.05) is 0 Å². The Bertz CT molecular complexity index is 1160. The summed E-state index contributed by atoms with van der Waals surface area (Å²) in [6, 6.07) is 12.0. The number of nitrogens with one attached hydrogen (secondary N) is 2. The number of alkyl halides is 5. The molecule has 1 aliphatic heterocycles. The van der Waals surface area contributed by atoms with Crippen molar-refractivity contribution in [1.29, 1.82) is 0 Å². The van der Waals surface area contributed by atoms with E-state index in [0.29, 0.717) is 22.4 Å². The number of ether oxygens (including phenoxy) is 1. The fourth-order valence-corrected chi connectivity index (χ4v) is 3.85. The maximum atomic E-state index is 13.5. The maximum Gasteiger partial charge on any atom is 0.455 e. The van der Waals surface area contributed by atoms with Crippen molar-refractivity contribution in [3.63, 3.8) is 0 Å². The van der Waals surface area contributed by atoms with Crippen molar-refractivity contribution in [3.05, 3.63) is 54.1 Å². The third-order valence-electron chi connectivity index (χ3n) is 5.59. The van der Waals surface area contributed by atoms with Gasteiger partial charge < -0.3 is 25.4 Å². The lowest BCUT2D eigenvalue weighted by molar-refractivity contribution is -0.278. The number of amides is 3. The number of para-hydroxylation sites is 1. The molecule has 0 saturated heterocycles. The summed E-state index contributed by atoms with van der Waals surface area (Å²) in [6.45, 7) is -1.52. The van der Waals surface area contributed by atoms with E-state index in [1.54, 1.807) is 48.5 Å². The van der Waals surface area contributed by atoms with E-state index in [2.05, 4.69) is 5.32 Å². The van der Waals surface area contributed by atoms with Crippen LogP contribution in [0.25, 0.3) is 11.1 Å². The van der Waals surface area contributed by atoms with Crippen molar-refractivity contribution in [2.75, 3.05) is 31.2 Å². The molecule has 2 aromatic carbocycles. The number of carbonyl (C=O) groups is 3. The highest BCUT2D eigenvalue weighted by molar-refractivity contribution is 6.09. The van der Waals surface area contributed by atoms with Gasteiger partial charge in [0.1, 0.15) is 6.04 Å². The molecule has 0 aliphatic carbocycles. The smallest absolute Gasteiger partial charge is 0.395 e. The van der Waals surface area contributed by atoms with Gasteiger partial charge in [-0.05, 0) is 24.1 Å². The summed E-state index contributed by atoms with van der Waals surface area (Å²) < 4.78 is 69.0. The number of halogens is 5. The van der Waals surface area contributed by atoms with Crippen molar-refractivity contribution in [1.82, 2.24) is 10.6 Å². The van der Waals surface area contributed by atoms with Gasteiger partial charge in [0.2, 0.25) is 6.10 Å². The van der Waals surface area contributed by atoms with Crippen LogP contribution in [0.2, 0.25) is 0 Å². The van der Waals surface area contributed by atoms with Gasteiger partial charge in [0.25, 0.3) is 17.7 Å². The quantitative estimate of drug-likeness (QED) is 0.342. The molecule has 3 amide bonds. The minimum absolute atomic E-state index is 0.127. The second-order valence-corrected chi connectivity index (χ2v) is 8.01. The molecule has 0 bridgehead atoms. The normalized spacial score (nSPS) is 16.4. The molecule has 0 saturated carbocycles. The molecule has 0 radical (unpaired) electrons. The molecule has 200 valence electrons. The van der Waals surface area contributed by atoms with E-state index < -0.39 is 55.1 Å². The van der Waals surface area contributed by atoms with Crippen LogP contribution in [0.1, 0.15) is 18.5 Å². The minimum atomic E-state index is -5.91. The number of aliphatic hydroxyl groups is 1. The van der Waals surface area contributed by atoms with Crippen molar-refractivity contribution >= 4 is 23.4 Å². The van der Waals surface area contributed by atoms with Gasteiger partial charge in [-0.1, -0.05) is 42.5 Å². The Balaban J connectivity index is 1.92. The number of benzene rings is 2. The predicted molar refractivity (Wildman–Crippen MR) is 122 cm³/mol. The Morgan fingerprint density at radius 3 is 2.27 bits per heavy atom. The van der Waals surface area contributed by atoms with Gasteiger partial charge in [-0.25, -0.2) is 0 Å². The molecular weight excluding hydrogens is 505 g/mol. The lowest BCUT2D eigenvalue weighted by atomic mass is 9.95. The van der Waals surface area contributed by atoms with Crippen molar-refractivity contribution < 1.29 is 46.2 Å². The van der Waals surface area contributed by atoms with Crippen molar-refractivity contribution in [3.8, 4) is 11.1 Å². The van der Waals surface area contributed by atoms with Gasteiger partial charge >= 0.3 is 12.1 Å². The summed E-state index contributed by atoms with van der Waals surface area (Å²) in [5, 5.41) is 13.3. The van der Waals surface area contributed by atoms with Crippen molar-refractivity contribution in [2.24, 2.45) is 0 Å². The molecule has 2 atom stereocenters. The number of rotatable bonds is 9. The maximum absolute atomic E-state index is 13.5. The van der Waals surface area contributed by atoms with E-state index in [9.17, 15) is 41.4 Å². The molecule has 37 heavy (non-hydrogen) atoms. The number of carbonyl (C=O) groups excluding carboxylic acids is 3. The first-order chi connectivity index (χ1) is 17.4. The summed E-state index contributed by atoms with van der Waals surface area (Å²) in [6.07, 6.45) is -8.03. The van der Waals surface area contributed by atoms with Crippen LogP contribution in [-0.2, 0) is 19.1 Å². The predicted octanol–water partition coefficient (Wildman–Crippen LogP) is 2.57. The minimum Gasteiger partial charge on any atom is -0.395 e. The Morgan fingerprint density at radius 2 is 1.65 bits per heavy atom. The summed E-state index contributed by atoms with van der Waals surface area (Å²) in [4.78, 5) is 40.2. The van der Waals surface area contributed by atoms with Crippen LogP contribution in [0.5, 0.6) is 0 Å². The Hall–Kier alpha value is -3.58. The molecule has 0 spiro atoms. The van der Waals surface area contributed by atoms with Crippen molar-refractivity contribution in [2.45, 2.75) is 31.2 Å². The zero-order chi connectivity index (χ0) is 27.4. The van der Waals surface area contributed by atoms with E-state index in [0.717, 1.165) is 0 Å². The van der Waals surface area contributed by atoms with E-state index in [-0.39, 0.29) is 13.2 Å². The van der Waals surface area contributed by atoms with Crippen LogP contribution in [-0.4, -0.2) is 67.3 Å². The Labute approximate surface area is 208 Å². The second-order valence-electron chi connectivity index (χ2n) is 8.01. The number of nitrogens with zero attached hydrogens (tertiary/aromatic N) is 1. The molecule has 3 rings (SSSR count). The number of anilines is 1. The summed E-state index contributed by atoms with van der Waals surface area (Å²) in [5.74, 6) is -8.66. The van der Waals surface area contributed by atoms with E-state index >= 15 is 0 Å². The number of fused-ring (bicyclic) bond motifs is 3. The lowest BCUT2D eigenvalue weighted by Crippen LogP contribution is -2.54. The molecule has 0 unspecified atom stereocenters. The van der Waals surface area contributed by atoms with Crippen LogP contribution in [0.3, 0.4) is 0 Å². The average Bonchev–Trinajstić information content (AvgIpc) is 2.95. The fraction of sp³-hybridized carbons (Fsp3) is 0.375. The van der Waals surface area contributed by atoms with E-state index in [1.165, 1.54) is 17.1 Å². The topological polar surface area (TPSA) is 108 Å². The molecule has 0 aromatic heterocycles. The van der Waals surface area contributed by atoms with Gasteiger partial charge in [-0.3, -0.25) is 14.4 Å². The molecule has 1 aliphatic rings. The van der Waals surface area contributed by atoms with Gasteiger partial charge in [0.15, 0.2) is 0 Å². The Morgan fingerprint density at radius 1 is 1.03 bits per heavy atom. The van der Waals surface area contributed by atoms with Crippen LogP contribution in [0.4, 0.5) is 27.6 Å². The molecule has 1 heterocycles. The molecule has 3 N–H and O–H groups in total. The summed E-state index contributed by atoms with van der Waals surface area (Å²) in [7, 11) is 0. The third-order valence-corrected chi connectivity index (χ3v) is 5.59. The highest BCUT2D eigenvalue weighted by atomic mass is 19.4. The fourth-order valence-electron chi connectivity index (χ4n) is 3.85. The highest BCUT2D eigenvalue weighted by Crippen LogP contribution is 2.40. The van der Waals surface area contributed by atoms with E-state index in [4.69, 9.17) is 4.74 Å². The third kappa shape index (κ3) is 5.88. The van der Waals surface area contributed by atoms with Crippen LogP contribution < -0.4 is 15.5 Å². The lowest BCUT2D eigenvalue weighted by Gasteiger charge is -2.27. The van der Waals surface area contributed by atoms with Crippen LogP contribution in [0.15, 0.2) is 48.5 Å². The molecular formula is C24H24F5N3O5. The molecule has 0 fully saturated rings. The van der Waals surface area contributed by atoms with Gasteiger partial charge in [0, 0.05) is 18.7 Å². The zero-order valence-electron chi connectivity index (χ0n) is 19.5. The molecule has 2 aromatic rings. The van der Waals surface area contributed by atoms with Gasteiger partial charge in [-0.15, -0.1) is 0 Å². The molecule has 13 heteroatoms. The second kappa shape index (κ2) is 11.2. The van der Waals surface area contributed by atoms with Gasteiger partial charge in [0.05, 0.1) is 18.8 Å². The average molecular weight is 529 g/mol. The largest absolute Gasteiger partial charge is 0.455 e. The first kappa shape index (κ1) is 28.0. The number of hydrogen-bond acceptors (Lipinski definition) is 5. The first-order valence-corrected chi connectivity index (χ1v) is 11.2. The van der Waals surface area contributed by atoms with Crippen LogP contribution >= 0.6 is 0 Å². The van der Waals surface area contributed by atoms with Gasteiger partial charge in [-0.2, -0.15) is 22.0 Å². The van der Waals surface area contributed by atoms with Crippen LogP contribution in [0, 0.1) is 0 Å². The monoisotopic (exact) mass is 529 g/mol. The first-order valence-electron chi connectivity index (χ1n) is 11.2. The zero-order valence-corrected chi connectivity index (χ0v) is 19.5. The molecule has 8 nitrogen and oxygen atoms in total. The number of hydrogen-bond donors (Lipinski definition) is 3. The summed E-state index contributed by atoms with van der Waals surface area (Å²) in [5.41, 5.74) is 2.00.